The zero-order chi connectivity index (χ0) is 13.8. The molecule has 0 amide bonds. The van der Waals surface area contributed by atoms with E-state index in [0.29, 0.717) is 18.4 Å². The summed E-state index contributed by atoms with van der Waals surface area (Å²) in [5.74, 6) is -0.543. The number of epoxide rings is 1. The number of rotatable bonds is 0. The summed E-state index contributed by atoms with van der Waals surface area (Å²) in [5.41, 5.74) is 4.02. The van der Waals surface area contributed by atoms with E-state index in [0.717, 1.165) is 5.57 Å². The molecule has 2 aliphatic heterocycles. The maximum Gasteiger partial charge on any atom is 0.334 e. The minimum atomic E-state index is -0.627. The topological polar surface area (TPSA) is 59.1 Å². The fourth-order valence-electron chi connectivity index (χ4n) is 2.94. The fraction of sp³-hybridized carbons (Fsp3) is 0.600. The Morgan fingerprint density at radius 1 is 1.58 bits per heavy atom. The number of aliphatic hydroxyl groups excluding tert-OH is 1. The van der Waals surface area contributed by atoms with E-state index in [1.54, 1.807) is 0 Å². The number of ether oxygens (including phenoxy) is 2. The van der Waals surface area contributed by atoms with Crippen LogP contribution in [0.3, 0.4) is 0 Å². The number of fused-ring (bicyclic) bond motifs is 3. The Kier molecular flexibility index (Phi) is 2.72. The number of esters is 1. The summed E-state index contributed by atoms with van der Waals surface area (Å²) in [5, 5.41) is 10.1. The van der Waals surface area contributed by atoms with Gasteiger partial charge in [-0.25, -0.2) is 4.79 Å². The standard InChI is InChI=1S/C15H18O4/c1-8-5-4-6-15(3)13(19-15)12-10(7-11(8)16)9(2)14(17)18-12/h4,10-13,16H,2,6-7H2,1,3H3. The van der Waals surface area contributed by atoms with Crippen LogP contribution in [0.15, 0.2) is 29.5 Å². The van der Waals surface area contributed by atoms with Crippen molar-refractivity contribution in [1.29, 1.82) is 0 Å². The number of hydrogen-bond donors (Lipinski definition) is 1. The van der Waals surface area contributed by atoms with Gasteiger partial charge in [-0.15, -0.1) is 5.73 Å². The summed E-state index contributed by atoms with van der Waals surface area (Å²) < 4.78 is 11.1. The van der Waals surface area contributed by atoms with Crippen LogP contribution in [0.1, 0.15) is 26.7 Å². The fourth-order valence-corrected chi connectivity index (χ4v) is 2.94. The second-order valence-corrected chi connectivity index (χ2v) is 5.84. The van der Waals surface area contributed by atoms with Crippen LogP contribution < -0.4 is 0 Å². The monoisotopic (exact) mass is 262 g/mol. The Morgan fingerprint density at radius 3 is 3.05 bits per heavy atom. The number of carbonyl (C=O) groups is 1. The Balaban J connectivity index is 1.96. The van der Waals surface area contributed by atoms with Gasteiger partial charge < -0.3 is 14.6 Å². The molecule has 2 heterocycles. The van der Waals surface area contributed by atoms with Crippen LogP contribution in [0.4, 0.5) is 0 Å². The van der Waals surface area contributed by atoms with Crippen molar-refractivity contribution in [3.8, 4) is 0 Å². The van der Waals surface area contributed by atoms with Crippen LogP contribution in [-0.4, -0.2) is 35.0 Å². The van der Waals surface area contributed by atoms with Gasteiger partial charge in [0.1, 0.15) is 12.2 Å². The molecular weight excluding hydrogens is 244 g/mol. The van der Waals surface area contributed by atoms with Crippen molar-refractivity contribution >= 4 is 5.97 Å². The van der Waals surface area contributed by atoms with Crippen molar-refractivity contribution in [2.75, 3.05) is 0 Å². The van der Waals surface area contributed by atoms with Crippen molar-refractivity contribution in [3.05, 3.63) is 29.5 Å². The Bertz CT molecular complexity index is 514. The minimum Gasteiger partial charge on any atom is -0.455 e. The molecule has 19 heavy (non-hydrogen) atoms. The second-order valence-electron chi connectivity index (χ2n) is 5.84. The van der Waals surface area contributed by atoms with E-state index < -0.39 is 6.10 Å². The van der Waals surface area contributed by atoms with Crippen LogP contribution >= 0.6 is 0 Å². The summed E-state index contributed by atoms with van der Waals surface area (Å²) in [6.45, 7) is 7.65. The first-order valence-corrected chi connectivity index (χ1v) is 6.60. The maximum absolute atomic E-state index is 11.7. The lowest BCUT2D eigenvalue weighted by Gasteiger charge is -2.21. The van der Waals surface area contributed by atoms with E-state index >= 15 is 0 Å². The molecule has 5 unspecified atom stereocenters. The van der Waals surface area contributed by atoms with E-state index in [1.165, 1.54) is 0 Å². The maximum atomic E-state index is 11.7. The number of hydrogen-bond acceptors (Lipinski definition) is 4. The van der Waals surface area contributed by atoms with Gasteiger partial charge in [-0.3, -0.25) is 0 Å². The molecule has 0 bridgehead atoms. The molecule has 0 saturated carbocycles. The zero-order valence-corrected chi connectivity index (χ0v) is 11.2. The highest BCUT2D eigenvalue weighted by Gasteiger charge is 2.61. The van der Waals surface area contributed by atoms with Crippen LogP contribution in [0, 0.1) is 5.92 Å². The lowest BCUT2D eigenvalue weighted by Crippen LogP contribution is -2.31. The van der Waals surface area contributed by atoms with Crippen molar-refractivity contribution in [1.82, 2.24) is 0 Å². The van der Waals surface area contributed by atoms with Crippen LogP contribution in [0.25, 0.3) is 0 Å². The quantitative estimate of drug-likeness (QED) is 0.311. The van der Waals surface area contributed by atoms with E-state index in [1.807, 2.05) is 19.9 Å². The van der Waals surface area contributed by atoms with Gasteiger partial charge in [-0.2, -0.15) is 0 Å². The SMILES string of the molecule is C=C1C(=O)OC2C1CC(O)C(C)=C=CCC1(C)OC21. The molecule has 2 fully saturated rings. The third-order valence-electron chi connectivity index (χ3n) is 4.40. The van der Waals surface area contributed by atoms with Gasteiger partial charge in [0.05, 0.1) is 11.7 Å². The molecule has 1 aliphatic carbocycles. The van der Waals surface area contributed by atoms with Crippen molar-refractivity contribution in [2.45, 2.75) is 50.6 Å². The molecule has 3 rings (SSSR count). The zero-order valence-electron chi connectivity index (χ0n) is 11.2. The summed E-state index contributed by atoms with van der Waals surface area (Å²) in [7, 11) is 0. The summed E-state index contributed by atoms with van der Waals surface area (Å²) >= 11 is 0. The van der Waals surface area contributed by atoms with Crippen LogP contribution in [-0.2, 0) is 14.3 Å². The van der Waals surface area contributed by atoms with Gasteiger partial charge >= 0.3 is 5.97 Å². The Morgan fingerprint density at radius 2 is 2.32 bits per heavy atom. The molecule has 4 nitrogen and oxygen atoms in total. The first-order chi connectivity index (χ1) is 8.92. The number of carbonyl (C=O) groups excluding carboxylic acids is 1. The highest BCUT2D eigenvalue weighted by molar-refractivity contribution is 5.91. The smallest absolute Gasteiger partial charge is 0.334 e. The van der Waals surface area contributed by atoms with Crippen LogP contribution in [0.5, 0.6) is 0 Å². The molecule has 0 aromatic heterocycles. The van der Waals surface area contributed by atoms with E-state index in [2.05, 4.69) is 12.3 Å². The Labute approximate surface area is 112 Å². The second kappa shape index (κ2) is 4.07. The molecule has 1 N–H and O–H groups in total. The van der Waals surface area contributed by atoms with Gasteiger partial charge in [0.25, 0.3) is 0 Å². The molecule has 4 heteroatoms. The average Bonchev–Trinajstić information content (AvgIpc) is 2.95. The van der Waals surface area contributed by atoms with Gasteiger partial charge in [-0.05, 0) is 31.9 Å². The molecule has 5 atom stereocenters. The van der Waals surface area contributed by atoms with Crippen molar-refractivity contribution in [3.63, 3.8) is 0 Å². The van der Waals surface area contributed by atoms with Crippen molar-refractivity contribution in [2.24, 2.45) is 5.92 Å². The first kappa shape index (κ1) is 12.7. The van der Waals surface area contributed by atoms with Crippen LogP contribution in [0.2, 0.25) is 0 Å². The van der Waals surface area contributed by atoms with Gasteiger partial charge in [0.15, 0.2) is 0 Å². The van der Waals surface area contributed by atoms with Crippen molar-refractivity contribution < 1.29 is 19.4 Å². The highest BCUT2D eigenvalue weighted by Crippen LogP contribution is 2.49. The summed E-state index contributed by atoms with van der Waals surface area (Å²) in [6, 6.07) is 0. The highest BCUT2D eigenvalue weighted by atomic mass is 16.6. The molecule has 3 aliphatic rings. The van der Waals surface area contributed by atoms with Gasteiger partial charge in [-0.1, -0.05) is 6.58 Å². The minimum absolute atomic E-state index is 0.107. The predicted molar refractivity (Wildman–Crippen MR) is 68.3 cm³/mol. The predicted octanol–water partition coefficient (Wildman–Crippen LogP) is 1.50. The third kappa shape index (κ3) is 1.96. The van der Waals surface area contributed by atoms with Gasteiger partial charge in [0.2, 0.25) is 0 Å². The lowest BCUT2D eigenvalue weighted by atomic mass is 9.84. The largest absolute Gasteiger partial charge is 0.455 e. The first-order valence-electron chi connectivity index (χ1n) is 6.60. The van der Waals surface area contributed by atoms with E-state index in [4.69, 9.17) is 9.47 Å². The average molecular weight is 262 g/mol. The molecule has 0 aromatic rings. The van der Waals surface area contributed by atoms with E-state index in [9.17, 15) is 9.90 Å². The lowest BCUT2D eigenvalue weighted by molar-refractivity contribution is -0.140. The normalized spacial score (nSPS) is 45.1. The molecule has 102 valence electrons. The molecule has 0 radical (unpaired) electrons. The number of aliphatic hydroxyl groups is 1. The summed E-state index contributed by atoms with van der Waals surface area (Å²) in [6.07, 6.45) is 1.97. The van der Waals surface area contributed by atoms with Gasteiger partial charge in [0, 0.05) is 17.9 Å². The molecule has 0 spiro atoms. The summed E-state index contributed by atoms with van der Waals surface area (Å²) in [4.78, 5) is 11.7. The molecule has 2 saturated heterocycles. The molecule has 0 aromatic carbocycles. The van der Waals surface area contributed by atoms with E-state index in [-0.39, 0.29) is 29.7 Å². The third-order valence-corrected chi connectivity index (χ3v) is 4.40. The molecular formula is C15H18O4. The Hall–Kier alpha value is -1.35.